The Morgan fingerprint density at radius 1 is 0.562 bits per heavy atom. The van der Waals surface area contributed by atoms with Crippen LogP contribution < -0.4 is 30.7 Å². The van der Waals surface area contributed by atoms with Crippen molar-refractivity contribution in [2.45, 2.75) is 43.9 Å². The number of imidazole rings is 2. The van der Waals surface area contributed by atoms with Crippen LogP contribution in [-0.2, 0) is 12.8 Å². The van der Waals surface area contributed by atoms with E-state index < -0.39 is 23.3 Å². The first-order valence-electron chi connectivity index (χ1n) is 23.6. The van der Waals surface area contributed by atoms with Crippen molar-refractivity contribution in [1.29, 1.82) is 0 Å². The Kier molecular flexibility index (Phi) is 13.4. The Hall–Kier alpha value is -7.96. The second-order valence-electron chi connectivity index (χ2n) is 17.5. The van der Waals surface area contributed by atoms with Crippen molar-refractivity contribution in [2.24, 2.45) is 0 Å². The van der Waals surface area contributed by atoms with Crippen molar-refractivity contribution in [3.63, 3.8) is 0 Å². The van der Waals surface area contributed by atoms with Gasteiger partial charge < -0.3 is 39.9 Å². The summed E-state index contributed by atoms with van der Waals surface area (Å²) in [5.41, 5.74) is 7.27. The molecule has 8 aromatic rings. The molecule has 0 saturated heterocycles. The van der Waals surface area contributed by atoms with Gasteiger partial charge in [0.1, 0.15) is 82.6 Å². The van der Waals surface area contributed by atoms with Gasteiger partial charge in [0.2, 0.25) is 11.9 Å². The van der Waals surface area contributed by atoms with Crippen LogP contribution in [0, 0.1) is 23.3 Å². The van der Waals surface area contributed by atoms with E-state index in [9.17, 15) is 17.6 Å². The Morgan fingerprint density at radius 3 is 1.56 bits per heavy atom. The second-order valence-corrected chi connectivity index (χ2v) is 18.3. The molecule has 14 nitrogen and oxygen atoms in total. The molecule has 0 saturated carbocycles. The molecule has 4 N–H and O–H groups in total. The minimum atomic E-state index is -0.599. The fourth-order valence-corrected chi connectivity index (χ4v) is 9.80. The van der Waals surface area contributed by atoms with E-state index in [0.717, 1.165) is 69.6 Å². The summed E-state index contributed by atoms with van der Waals surface area (Å²) >= 11 is 12.0. The Labute approximate surface area is 426 Å². The molecule has 0 spiro atoms. The highest BCUT2D eigenvalue weighted by Crippen LogP contribution is 2.43. The highest BCUT2D eigenvalue weighted by atomic mass is 35.5. The van der Waals surface area contributed by atoms with E-state index >= 15 is 0 Å². The molecule has 4 aliphatic rings. The van der Waals surface area contributed by atoms with Crippen molar-refractivity contribution in [3.05, 3.63) is 189 Å². The molecule has 12 rings (SSSR count). The monoisotopic (exact) mass is 1030 g/mol. The SMILES string of the molecule is Fc1ccc(C2CCc3c4nc(nc32)Nc2ccc(-n3cnc(Cl)c3)c(c2)OC/C=C/CCN4)c(F)c1.Fc1ccc(C2CCc3c4nc(nc32)Nc2ccc(-n3cnc(Cl)c3)c(c2)OC/C=C\CN4)c(F)c1. The van der Waals surface area contributed by atoms with Gasteiger partial charge in [-0.1, -0.05) is 53.6 Å². The van der Waals surface area contributed by atoms with E-state index in [1.165, 1.54) is 24.3 Å². The molecule has 4 aromatic heterocycles. The summed E-state index contributed by atoms with van der Waals surface area (Å²) in [5, 5.41) is 14.1. The molecule has 2 aliphatic heterocycles. The van der Waals surface area contributed by atoms with Crippen LogP contribution in [0.3, 0.4) is 0 Å². The summed E-state index contributed by atoms with van der Waals surface area (Å²) in [6.45, 7) is 1.97. The van der Waals surface area contributed by atoms with Gasteiger partial charge in [-0.25, -0.2) is 37.5 Å². The average molecular weight is 1030 g/mol. The normalized spacial score (nSPS) is 17.6. The summed E-state index contributed by atoms with van der Waals surface area (Å²) in [6.07, 6.45) is 18.1. The summed E-state index contributed by atoms with van der Waals surface area (Å²) in [7, 11) is 0. The van der Waals surface area contributed by atoms with Crippen LogP contribution >= 0.6 is 23.2 Å². The second kappa shape index (κ2) is 20.6. The number of benzene rings is 4. The fraction of sp³-hybridized carbons (Fsp3) is 0.208. The quantitative estimate of drug-likeness (QED) is 0.0980. The number of aromatic nitrogens is 8. The van der Waals surface area contributed by atoms with E-state index in [4.69, 9.17) is 52.6 Å². The number of ether oxygens (including phenoxy) is 2. The van der Waals surface area contributed by atoms with E-state index in [0.29, 0.717) is 103 Å². The molecule has 20 heteroatoms. The van der Waals surface area contributed by atoms with Crippen LogP contribution in [0.4, 0.5) is 52.5 Å². The number of nitrogens with one attached hydrogen (secondary N) is 4. The van der Waals surface area contributed by atoms with Crippen LogP contribution in [0.25, 0.3) is 11.4 Å². The van der Waals surface area contributed by atoms with E-state index in [2.05, 4.69) is 31.2 Å². The fourth-order valence-electron chi connectivity index (χ4n) is 9.50. The van der Waals surface area contributed by atoms with Crippen molar-refractivity contribution < 1.29 is 27.0 Å². The van der Waals surface area contributed by atoms with Gasteiger partial charge >= 0.3 is 0 Å². The van der Waals surface area contributed by atoms with Crippen LogP contribution in [0.15, 0.2) is 122 Å². The third kappa shape index (κ3) is 10.3. The highest BCUT2D eigenvalue weighted by molar-refractivity contribution is 6.29. The minimum Gasteiger partial charge on any atom is -0.487 e. The van der Waals surface area contributed by atoms with Crippen molar-refractivity contribution in [2.75, 3.05) is 47.6 Å². The Morgan fingerprint density at radius 2 is 1.07 bits per heavy atom. The maximum Gasteiger partial charge on any atom is 0.229 e. The van der Waals surface area contributed by atoms with Gasteiger partial charge in [0.25, 0.3) is 0 Å². The number of halogens is 6. The number of rotatable bonds is 4. The van der Waals surface area contributed by atoms with Gasteiger partial charge in [-0.15, -0.1) is 0 Å². The Bertz CT molecular complexity index is 3440. The largest absolute Gasteiger partial charge is 0.487 e. The zero-order chi connectivity index (χ0) is 50.0. The van der Waals surface area contributed by atoms with E-state index in [1.807, 2.05) is 60.7 Å². The lowest BCUT2D eigenvalue weighted by atomic mass is 9.96. The van der Waals surface area contributed by atoms with Crippen LogP contribution in [0.1, 0.15) is 64.7 Å². The van der Waals surface area contributed by atoms with Gasteiger partial charge in [-0.2, -0.15) is 9.97 Å². The van der Waals surface area contributed by atoms with Gasteiger partial charge in [-0.3, -0.25) is 0 Å². The third-order valence-electron chi connectivity index (χ3n) is 12.9. The minimum absolute atomic E-state index is 0.286. The molecule has 2 atom stereocenters. The molecule has 8 bridgehead atoms. The molecule has 4 aromatic carbocycles. The zero-order valence-corrected chi connectivity index (χ0v) is 40.2. The number of hydrogen-bond acceptors (Lipinski definition) is 12. The van der Waals surface area contributed by atoms with Gasteiger partial charge in [0.15, 0.2) is 0 Å². The van der Waals surface area contributed by atoms with Crippen molar-refractivity contribution >= 4 is 58.1 Å². The number of nitrogens with zero attached hydrogens (tertiary/aromatic N) is 8. The molecule has 2 aliphatic carbocycles. The van der Waals surface area contributed by atoms with Crippen molar-refractivity contribution in [3.8, 4) is 22.9 Å². The topological polar surface area (TPSA) is 154 Å². The first kappa shape index (κ1) is 47.4. The molecular weight excluding hydrogens is 984 g/mol. The Balaban J connectivity index is 0.000000157. The first-order valence-corrected chi connectivity index (χ1v) is 24.3. The van der Waals surface area contributed by atoms with Crippen LogP contribution in [-0.4, -0.2) is 65.3 Å². The lowest BCUT2D eigenvalue weighted by Crippen LogP contribution is -2.11. The predicted molar refractivity (Wildman–Crippen MR) is 272 cm³/mol. The highest BCUT2D eigenvalue weighted by Gasteiger charge is 2.33. The summed E-state index contributed by atoms with van der Waals surface area (Å²) in [4.78, 5) is 27.2. The number of anilines is 6. The number of fused-ring (bicyclic) bond motifs is 12. The van der Waals surface area contributed by atoms with Crippen LogP contribution in [0.2, 0.25) is 10.3 Å². The summed E-state index contributed by atoms with van der Waals surface area (Å²) in [5.74, 6) is 0.529. The molecular formula is C53H44Cl2F4N12O2. The average Bonchev–Trinajstić information content (AvgIpc) is 4.20. The molecule has 0 amide bonds. The first-order chi connectivity index (χ1) is 35.6. The lowest BCUT2D eigenvalue weighted by molar-refractivity contribution is 0.361. The molecule has 6 heterocycles. The molecule has 2 unspecified atom stereocenters. The van der Waals surface area contributed by atoms with E-state index in [1.54, 1.807) is 34.2 Å². The molecule has 73 heavy (non-hydrogen) atoms. The maximum atomic E-state index is 14.7. The van der Waals surface area contributed by atoms with Gasteiger partial charge in [-0.05, 0) is 85.7 Å². The molecule has 370 valence electrons. The van der Waals surface area contributed by atoms with E-state index in [-0.39, 0.29) is 11.8 Å². The third-order valence-corrected chi connectivity index (χ3v) is 13.3. The number of hydrogen-bond donors (Lipinski definition) is 4. The standard InChI is InChI=1S/C27H23ClF2N6O.C26H21ClF2N6O/c28-24-14-36(15-32-24)22-9-5-17-13-23(22)37-11-3-1-2-10-31-26-20-8-7-19(25(20)34-27(33-17)35-26)18-6-4-16(29)12-21(18)30;27-23-13-35(14-31-23)21-8-4-16-12-22(21)36-10-2-1-9-30-25-19-7-6-18(24(19)33-26(32-16)34-25)17-5-3-15(28)11-20(17)29/h1,3-6,9,12-15,19H,2,7-8,10-11H2,(H2,31,33,34,35);1-5,8,11-14,18H,6-7,9-10H2,(H2,30,32,33,34)/b3-1+;2-1-. The van der Waals surface area contributed by atoms with Gasteiger partial charge in [0, 0.05) is 84.1 Å². The van der Waals surface area contributed by atoms with Gasteiger partial charge in [0.05, 0.1) is 22.8 Å². The molecule has 0 radical (unpaired) electrons. The maximum absolute atomic E-state index is 14.7. The lowest BCUT2D eigenvalue weighted by Gasteiger charge is -2.17. The van der Waals surface area contributed by atoms with Crippen LogP contribution in [0.5, 0.6) is 11.5 Å². The summed E-state index contributed by atoms with van der Waals surface area (Å²) < 4.78 is 72.2. The smallest absolute Gasteiger partial charge is 0.229 e. The van der Waals surface area contributed by atoms with Crippen molar-refractivity contribution in [1.82, 2.24) is 39.0 Å². The zero-order valence-electron chi connectivity index (χ0n) is 38.7. The molecule has 0 fully saturated rings. The predicted octanol–water partition coefficient (Wildman–Crippen LogP) is 11.9. The summed E-state index contributed by atoms with van der Waals surface area (Å²) in [6, 6.07) is 18.7.